The fourth-order valence-corrected chi connectivity index (χ4v) is 3.44. The molecule has 3 aromatic rings. The van der Waals surface area contributed by atoms with Gasteiger partial charge in [0.1, 0.15) is 11.6 Å². The van der Waals surface area contributed by atoms with Gasteiger partial charge in [-0.25, -0.2) is 8.78 Å². The van der Waals surface area contributed by atoms with Gasteiger partial charge in [0.2, 0.25) is 0 Å². The van der Waals surface area contributed by atoms with E-state index in [4.69, 9.17) is 11.6 Å². The molecule has 0 aliphatic rings. The number of halogens is 3. The summed E-state index contributed by atoms with van der Waals surface area (Å²) in [7, 11) is 0. The molecule has 1 N–H and O–H groups in total. The molecule has 21 heavy (non-hydrogen) atoms. The maximum atomic E-state index is 13.8. The minimum absolute atomic E-state index is 0.0399. The number of rotatable bonds is 3. The highest BCUT2D eigenvalue weighted by Gasteiger charge is 2.16. The summed E-state index contributed by atoms with van der Waals surface area (Å²) < 4.78 is 27.9. The van der Waals surface area contributed by atoms with Crippen molar-refractivity contribution in [2.24, 2.45) is 0 Å². The summed E-state index contributed by atoms with van der Waals surface area (Å²) in [6.07, 6.45) is -0.722. The van der Waals surface area contributed by atoms with Crippen LogP contribution >= 0.6 is 22.9 Å². The summed E-state index contributed by atoms with van der Waals surface area (Å²) in [5, 5.41) is 11.0. The van der Waals surface area contributed by atoms with Crippen molar-refractivity contribution in [2.75, 3.05) is 0 Å². The number of fused-ring (bicyclic) bond motifs is 1. The average Bonchev–Trinajstić information content (AvgIpc) is 2.87. The summed E-state index contributed by atoms with van der Waals surface area (Å²) in [4.78, 5) is 0.676. The Bertz CT molecular complexity index is 800. The van der Waals surface area contributed by atoms with Crippen molar-refractivity contribution in [1.82, 2.24) is 0 Å². The minimum atomic E-state index is -0.849. The van der Waals surface area contributed by atoms with Crippen LogP contribution < -0.4 is 0 Å². The minimum Gasteiger partial charge on any atom is -0.387 e. The van der Waals surface area contributed by atoms with E-state index in [0.29, 0.717) is 10.4 Å². The Balaban J connectivity index is 1.89. The van der Waals surface area contributed by atoms with E-state index in [1.807, 2.05) is 0 Å². The van der Waals surface area contributed by atoms with Gasteiger partial charge < -0.3 is 5.11 Å². The van der Waals surface area contributed by atoms with Crippen LogP contribution in [0.2, 0.25) is 5.02 Å². The molecular weight excluding hydrogens is 314 g/mol. The summed E-state index contributed by atoms with van der Waals surface area (Å²) in [6, 6.07) is 10.9. The van der Waals surface area contributed by atoms with E-state index in [2.05, 4.69) is 0 Å². The number of thiophene rings is 1. The zero-order valence-corrected chi connectivity index (χ0v) is 12.4. The molecule has 0 saturated carbocycles. The molecule has 1 heterocycles. The van der Waals surface area contributed by atoms with Gasteiger partial charge in [0.25, 0.3) is 0 Å². The lowest BCUT2D eigenvalue weighted by Crippen LogP contribution is -2.02. The first-order valence-electron chi connectivity index (χ1n) is 6.34. The molecular formula is C16H11ClF2OS. The number of aliphatic hydroxyl groups is 1. The molecule has 2 aromatic carbocycles. The molecule has 0 amide bonds. The third-order valence-corrected chi connectivity index (χ3v) is 4.78. The van der Waals surface area contributed by atoms with Crippen molar-refractivity contribution < 1.29 is 13.9 Å². The molecule has 1 atom stereocenters. The van der Waals surface area contributed by atoms with E-state index in [9.17, 15) is 13.9 Å². The first kappa shape index (κ1) is 14.4. The number of benzene rings is 2. The fraction of sp³-hybridized carbons (Fsp3) is 0.125. The van der Waals surface area contributed by atoms with Crippen LogP contribution in [0, 0.1) is 11.6 Å². The normalized spacial score (nSPS) is 12.8. The van der Waals surface area contributed by atoms with Crippen LogP contribution in [0.1, 0.15) is 16.5 Å². The van der Waals surface area contributed by atoms with Crippen LogP contribution in [0.25, 0.3) is 10.1 Å². The topological polar surface area (TPSA) is 20.2 Å². The number of hydrogen-bond donors (Lipinski definition) is 1. The van der Waals surface area contributed by atoms with Crippen LogP contribution in [-0.2, 0) is 6.42 Å². The molecule has 3 rings (SSSR count). The monoisotopic (exact) mass is 324 g/mol. The Morgan fingerprint density at radius 2 is 1.95 bits per heavy atom. The van der Waals surface area contributed by atoms with E-state index >= 15 is 0 Å². The quantitative estimate of drug-likeness (QED) is 0.710. The van der Waals surface area contributed by atoms with Gasteiger partial charge in [-0.2, -0.15) is 0 Å². The maximum Gasteiger partial charge on any atom is 0.145 e. The van der Waals surface area contributed by atoms with Crippen LogP contribution in [-0.4, -0.2) is 5.11 Å². The van der Waals surface area contributed by atoms with Crippen molar-refractivity contribution in [2.45, 2.75) is 12.5 Å². The molecule has 1 aromatic heterocycles. The van der Waals surface area contributed by atoms with Crippen LogP contribution in [0.5, 0.6) is 0 Å². The SMILES string of the molecule is OC(Cc1cccc(Cl)c1F)c1cc2cc(F)ccc2s1. The molecule has 0 saturated heterocycles. The molecule has 1 unspecified atom stereocenters. The van der Waals surface area contributed by atoms with Gasteiger partial charge in [0, 0.05) is 16.0 Å². The van der Waals surface area contributed by atoms with Crippen molar-refractivity contribution in [3.8, 4) is 0 Å². The smallest absolute Gasteiger partial charge is 0.145 e. The second kappa shape index (κ2) is 5.72. The molecule has 0 aliphatic carbocycles. The van der Waals surface area contributed by atoms with E-state index in [1.165, 1.54) is 29.5 Å². The summed E-state index contributed by atoms with van der Waals surface area (Å²) in [5.74, 6) is -0.826. The fourth-order valence-electron chi connectivity index (χ4n) is 2.21. The van der Waals surface area contributed by atoms with E-state index < -0.39 is 11.9 Å². The van der Waals surface area contributed by atoms with Crippen molar-refractivity contribution >= 4 is 33.0 Å². The number of aliphatic hydroxyl groups excluding tert-OH is 1. The molecule has 108 valence electrons. The predicted octanol–water partition coefficient (Wildman–Crippen LogP) is 5.11. The number of hydrogen-bond acceptors (Lipinski definition) is 2. The van der Waals surface area contributed by atoms with Crippen molar-refractivity contribution in [3.63, 3.8) is 0 Å². The van der Waals surface area contributed by atoms with Crippen molar-refractivity contribution in [3.05, 3.63) is 69.6 Å². The molecule has 0 aliphatic heterocycles. The lowest BCUT2D eigenvalue weighted by Gasteiger charge is -2.09. The molecule has 0 radical (unpaired) electrons. The van der Waals surface area contributed by atoms with Gasteiger partial charge in [0.15, 0.2) is 0 Å². The first-order valence-corrected chi connectivity index (χ1v) is 7.54. The van der Waals surface area contributed by atoms with Gasteiger partial charge in [-0.3, -0.25) is 0 Å². The Morgan fingerprint density at radius 1 is 1.14 bits per heavy atom. The summed E-state index contributed by atoms with van der Waals surface area (Å²) in [6.45, 7) is 0. The standard InChI is InChI=1S/C16H11ClF2OS/c17-12-3-1-2-9(16(12)19)7-13(20)15-8-10-6-11(18)4-5-14(10)21-15/h1-6,8,13,20H,7H2. The van der Waals surface area contributed by atoms with Gasteiger partial charge in [-0.05, 0) is 41.3 Å². The molecule has 1 nitrogen and oxygen atoms in total. The highest BCUT2D eigenvalue weighted by Crippen LogP contribution is 2.32. The van der Waals surface area contributed by atoms with Crippen molar-refractivity contribution in [1.29, 1.82) is 0 Å². The lowest BCUT2D eigenvalue weighted by atomic mass is 10.1. The van der Waals surface area contributed by atoms with Crippen LogP contribution in [0.4, 0.5) is 8.78 Å². The Morgan fingerprint density at radius 3 is 2.76 bits per heavy atom. The zero-order valence-electron chi connectivity index (χ0n) is 10.8. The molecule has 0 fully saturated rings. The first-order chi connectivity index (χ1) is 10.0. The highest BCUT2D eigenvalue weighted by molar-refractivity contribution is 7.19. The van der Waals surface area contributed by atoms with Crippen LogP contribution in [0.3, 0.4) is 0 Å². The maximum absolute atomic E-state index is 13.8. The second-order valence-corrected chi connectivity index (χ2v) is 6.29. The van der Waals surface area contributed by atoms with E-state index in [1.54, 1.807) is 24.3 Å². The third kappa shape index (κ3) is 2.93. The Kier molecular flexibility index (Phi) is 3.93. The molecule has 0 spiro atoms. The zero-order chi connectivity index (χ0) is 15.0. The Hall–Kier alpha value is -1.49. The van der Waals surface area contributed by atoms with E-state index in [0.717, 1.165) is 10.1 Å². The Labute approximate surface area is 129 Å². The van der Waals surface area contributed by atoms with Crippen LogP contribution in [0.15, 0.2) is 42.5 Å². The van der Waals surface area contributed by atoms with Gasteiger partial charge in [-0.1, -0.05) is 23.7 Å². The largest absolute Gasteiger partial charge is 0.387 e. The lowest BCUT2D eigenvalue weighted by molar-refractivity contribution is 0.181. The highest BCUT2D eigenvalue weighted by atomic mass is 35.5. The summed E-state index contributed by atoms with van der Waals surface area (Å²) in [5.41, 5.74) is 0.360. The van der Waals surface area contributed by atoms with Gasteiger partial charge in [0.05, 0.1) is 11.1 Å². The third-order valence-electron chi connectivity index (χ3n) is 3.27. The summed E-state index contributed by atoms with van der Waals surface area (Å²) >= 11 is 7.10. The average molecular weight is 325 g/mol. The molecule has 0 bridgehead atoms. The van der Waals surface area contributed by atoms with Gasteiger partial charge >= 0.3 is 0 Å². The second-order valence-electron chi connectivity index (χ2n) is 4.76. The van der Waals surface area contributed by atoms with E-state index in [-0.39, 0.29) is 17.3 Å². The van der Waals surface area contributed by atoms with Gasteiger partial charge in [-0.15, -0.1) is 11.3 Å². The predicted molar refractivity (Wildman–Crippen MR) is 81.9 cm³/mol. The molecule has 5 heteroatoms.